The Bertz CT molecular complexity index is 155. The second kappa shape index (κ2) is 4.16. The summed E-state index contributed by atoms with van der Waals surface area (Å²) in [7, 11) is 0. The Hall–Kier alpha value is -0.790. The van der Waals surface area contributed by atoms with Crippen LogP contribution >= 0.6 is 0 Å². The van der Waals surface area contributed by atoms with Crippen molar-refractivity contribution < 1.29 is 9.90 Å². The Balaban J connectivity index is 2.15. The lowest BCUT2D eigenvalue weighted by Gasteiger charge is -2.01. The summed E-state index contributed by atoms with van der Waals surface area (Å²) in [6.07, 6.45) is 9.19. The van der Waals surface area contributed by atoms with Gasteiger partial charge in [-0.05, 0) is 12.3 Å². The Morgan fingerprint density at radius 1 is 1.45 bits per heavy atom. The first-order valence-corrected chi connectivity index (χ1v) is 4.18. The van der Waals surface area contributed by atoms with Gasteiger partial charge in [-0.1, -0.05) is 31.8 Å². The molecule has 0 spiro atoms. The van der Waals surface area contributed by atoms with Gasteiger partial charge in [0.1, 0.15) is 0 Å². The fourth-order valence-corrected chi connectivity index (χ4v) is 1.61. The zero-order chi connectivity index (χ0) is 8.10. The monoisotopic (exact) mass is 154 g/mol. The molecule has 0 aliphatic heterocycles. The van der Waals surface area contributed by atoms with Gasteiger partial charge in [-0.3, -0.25) is 0 Å². The molecule has 1 aliphatic carbocycles. The summed E-state index contributed by atoms with van der Waals surface area (Å²) in [5, 5.41) is 8.30. The van der Waals surface area contributed by atoms with Crippen molar-refractivity contribution >= 4 is 5.97 Å². The number of hydrogen-bond donors (Lipinski definition) is 1. The highest BCUT2D eigenvalue weighted by Gasteiger charge is 2.12. The number of hydrogen-bond acceptors (Lipinski definition) is 1. The van der Waals surface area contributed by atoms with Crippen molar-refractivity contribution in [2.75, 3.05) is 0 Å². The van der Waals surface area contributed by atoms with Crippen LogP contribution in [0.4, 0.5) is 0 Å². The normalized spacial score (nSPS) is 19.6. The maximum absolute atomic E-state index is 10.1. The van der Waals surface area contributed by atoms with Gasteiger partial charge in [0.05, 0.1) is 0 Å². The highest BCUT2D eigenvalue weighted by atomic mass is 16.4. The average Bonchev–Trinajstić information content (AvgIpc) is 2.39. The van der Waals surface area contributed by atoms with Gasteiger partial charge in [-0.2, -0.15) is 0 Å². The molecule has 0 heterocycles. The zero-order valence-corrected chi connectivity index (χ0v) is 6.62. The van der Waals surface area contributed by atoms with Crippen molar-refractivity contribution in [1.82, 2.24) is 0 Å². The first-order chi connectivity index (χ1) is 5.29. The van der Waals surface area contributed by atoms with Gasteiger partial charge < -0.3 is 5.11 Å². The topological polar surface area (TPSA) is 37.3 Å². The second-order valence-corrected chi connectivity index (χ2v) is 3.13. The van der Waals surface area contributed by atoms with Crippen LogP contribution in [0.1, 0.15) is 32.1 Å². The molecule has 62 valence electrons. The lowest BCUT2D eigenvalue weighted by molar-refractivity contribution is -0.131. The van der Waals surface area contributed by atoms with Crippen LogP contribution in [-0.2, 0) is 4.79 Å². The van der Waals surface area contributed by atoms with Crippen LogP contribution in [0.25, 0.3) is 0 Å². The van der Waals surface area contributed by atoms with Crippen LogP contribution in [0.5, 0.6) is 0 Å². The predicted molar refractivity (Wildman–Crippen MR) is 43.4 cm³/mol. The number of carboxylic acid groups (broad SMARTS) is 1. The van der Waals surface area contributed by atoms with E-state index in [1.54, 1.807) is 6.08 Å². The third-order valence-corrected chi connectivity index (χ3v) is 2.20. The predicted octanol–water partition coefficient (Wildman–Crippen LogP) is 2.21. The van der Waals surface area contributed by atoms with Crippen molar-refractivity contribution in [3.05, 3.63) is 12.2 Å². The SMILES string of the molecule is O=C(O)C=CCC1CCCC1. The van der Waals surface area contributed by atoms with E-state index < -0.39 is 5.97 Å². The fraction of sp³-hybridized carbons (Fsp3) is 0.667. The van der Waals surface area contributed by atoms with E-state index in [-0.39, 0.29) is 0 Å². The number of carboxylic acids is 1. The van der Waals surface area contributed by atoms with E-state index in [1.165, 1.54) is 31.8 Å². The molecule has 0 aromatic heterocycles. The maximum atomic E-state index is 10.1. The van der Waals surface area contributed by atoms with E-state index in [9.17, 15) is 4.79 Å². The summed E-state index contributed by atoms with van der Waals surface area (Å²) in [6, 6.07) is 0. The minimum absolute atomic E-state index is 0.755. The maximum Gasteiger partial charge on any atom is 0.327 e. The molecule has 0 amide bonds. The summed E-state index contributed by atoms with van der Waals surface area (Å²) in [5.74, 6) is -0.0754. The van der Waals surface area contributed by atoms with E-state index in [4.69, 9.17) is 5.11 Å². The Morgan fingerprint density at radius 2 is 2.09 bits per heavy atom. The molecule has 2 heteroatoms. The molecule has 1 saturated carbocycles. The summed E-state index contributed by atoms with van der Waals surface area (Å²) < 4.78 is 0. The molecular formula is C9H14O2. The zero-order valence-electron chi connectivity index (χ0n) is 6.62. The van der Waals surface area contributed by atoms with E-state index >= 15 is 0 Å². The number of carbonyl (C=O) groups is 1. The van der Waals surface area contributed by atoms with E-state index in [1.807, 2.05) is 0 Å². The Kier molecular flexibility index (Phi) is 3.14. The third-order valence-electron chi connectivity index (χ3n) is 2.20. The van der Waals surface area contributed by atoms with Crippen LogP contribution < -0.4 is 0 Å². The van der Waals surface area contributed by atoms with E-state index in [2.05, 4.69) is 0 Å². The third kappa shape index (κ3) is 3.21. The van der Waals surface area contributed by atoms with Gasteiger partial charge >= 0.3 is 5.97 Å². The fourth-order valence-electron chi connectivity index (χ4n) is 1.61. The van der Waals surface area contributed by atoms with Crippen molar-refractivity contribution in [3.63, 3.8) is 0 Å². The molecule has 0 atom stereocenters. The minimum atomic E-state index is -0.831. The summed E-state index contributed by atoms with van der Waals surface area (Å²) in [6.45, 7) is 0. The van der Waals surface area contributed by atoms with Crippen LogP contribution in [0.15, 0.2) is 12.2 Å². The first kappa shape index (κ1) is 8.31. The molecule has 1 fully saturated rings. The van der Waals surface area contributed by atoms with E-state index in [0.29, 0.717) is 0 Å². The lowest BCUT2D eigenvalue weighted by Crippen LogP contribution is -1.91. The van der Waals surface area contributed by atoms with E-state index in [0.717, 1.165) is 12.3 Å². The quantitative estimate of drug-likeness (QED) is 0.633. The van der Waals surface area contributed by atoms with Crippen LogP contribution in [0, 0.1) is 5.92 Å². The molecule has 1 aliphatic rings. The van der Waals surface area contributed by atoms with Crippen LogP contribution in [0.2, 0.25) is 0 Å². The summed E-state index contributed by atoms with van der Waals surface area (Å²) in [4.78, 5) is 10.1. The molecule has 0 bridgehead atoms. The van der Waals surface area contributed by atoms with Gasteiger partial charge in [-0.25, -0.2) is 4.79 Å². The molecule has 0 aromatic carbocycles. The molecule has 0 radical (unpaired) electrons. The average molecular weight is 154 g/mol. The van der Waals surface area contributed by atoms with Crippen molar-refractivity contribution in [3.8, 4) is 0 Å². The van der Waals surface area contributed by atoms with Crippen LogP contribution in [0.3, 0.4) is 0 Å². The van der Waals surface area contributed by atoms with Gasteiger partial charge in [-0.15, -0.1) is 0 Å². The van der Waals surface area contributed by atoms with Gasteiger partial charge in [0.15, 0.2) is 0 Å². The number of allylic oxidation sites excluding steroid dienone is 1. The molecule has 11 heavy (non-hydrogen) atoms. The van der Waals surface area contributed by atoms with Gasteiger partial charge in [0.25, 0.3) is 0 Å². The number of aliphatic carboxylic acids is 1. The first-order valence-electron chi connectivity index (χ1n) is 4.18. The van der Waals surface area contributed by atoms with Crippen molar-refractivity contribution in [2.45, 2.75) is 32.1 Å². The van der Waals surface area contributed by atoms with Crippen molar-refractivity contribution in [1.29, 1.82) is 0 Å². The highest BCUT2D eigenvalue weighted by molar-refractivity contribution is 5.79. The van der Waals surface area contributed by atoms with Gasteiger partial charge in [0.2, 0.25) is 0 Å². The summed E-state index contributed by atoms with van der Waals surface area (Å²) in [5.41, 5.74) is 0. The molecule has 0 saturated heterocycles. The summed E-state index contributed by atoms with van der Waals surface area (Å²) >= 11 is 0. The molecular weight excluding hydrogens is 140 g/mol. The smallest absolute Gasteiger partial charge is 0.327 e. The second-order valence-electron chi connectivity index (χ2n) is 3.13. The molecule has 1 rings (SSSR count). The molecule has 0 unspecified atom stereocenters. The molecule has 1 N–H and O–H groups in total. The standard InChI is InChI=1S/C9H14O2/c10-9(11)7-3-6-8-4-1-2-5-8/h3,7-8H,1-2,4-6H2,(H,10,11). The van der Waals surface area contributed by atoms with Crippen molar-refractivity contribution in [2.24, 2.45) is 5.92 Å². The molecule has 2 nitrogen and oxygen atoms in total. The highest BCUT2D eigenvalue weighted by Crippen LogP contribution is 2.27. The Labute approximate surface area is 66.9 Å². The van der Waals surface area contributed by atoms with Gasteiger partial charge in [0, 0.05) is 6.08 Å². The number of rotatable bonds is 3. The van der Waals surface area contributed by atoms with Crippen LogP contribution in [-0.4, -0.2) is 11.1 Å². The Morgan fingerprint density at radius 3 is 2.64 bits per heavy atom. The minimum Gasteiger partial charge on any atom is -0.478 e. The lowest BCUT2D eigenvalue weighted by atomic mass is 10.0. The largest absolute Gasteiger partial charge is 0.478 e. The molecule has 0 aromatic rings.